The van der Waals surface area contributed by atoms with Gasteiger partial charge in [0.25, 0.3) is 5.91 Å². The summed E-state index contributed by atoms with van der Waals surface area (Å²) in [6.45, 7) is 7.51. The van der Waals surface area contributed by atoms with Crippen LogP contribution in [0.5, 0.6) is 11.5 Å². The van der Waals surface area contributed by atoms with E-state index < -0.39 is 0 Å². The van der Waals surface area contributed by atoms with Crippen LogP contribution in [-0.2, 0) is 4.79 Å². The largest absolute Gasteiger partial charge is 0.494 e. The van der Waals surface area contributed by atoms with Crippen molar-refractivity contribution in [2.45, 2.75) is 27.7 Å². The summed E-state index contributed by atoms with van der Waals surface area (Å²) < 4.78 is 12.8. The molecule has 170 valence electrons. The molecule has 1 amide bonds. The predicted molar refractivity (Wildman–Crippen MR) is 130 cm³/mol. The highest BCUT2D eigenvalue weighted by atomic mass is 35.5. The van der Waals surface area contributed by atoms with Gasteiger partial charge in [0, 0.05) is 16.5 Å². The molecule has 2 aromatic carbocycles. The fraction of sp³-hybridized carbons (Fsp3) is 0.240. The van der Waals surface area contributed by atoms with E-state index in [1.165, 1.54) is 0 Å². The number of nitrogens with one attached hydrogen (secondary N) is 1. The highest BCUT2D eigenvalue weighted by Crippen LogP contribution is 2.29. The number of rotatable bonds is 6. The molecule has 1 N–H and O–H groups in total. The van der Waals surface area contributed by atoms with Crippen LogP contribution in [0.15, 0.2) is 42.5 Å². The lowest BCUT2D eigenvalue weighted by atomic mass is 10.1. The van der Waals surface area contributed by atoms with E-state index in [9.17, 15) is 4.79 Å². The molecule has 2 heterocycles. The Kier molecular flexibility index (Phi) is 6.24. The van der Waals surface area contributed by atoms with Crippen molar-refractivity contribution in [1.82, 2.24) is 14.8 Å². The van der Waals surface area contributed by atoms with Crippen molar-refractivity contribution in [3.63, 3.8) is 0 Å². The van der Waals surface area contributed by atoms with Gasteiger partial charge >= 0.3 is 0 Å². The van der Waals surface area contributed by atoms with Crippen molar-refractivity contribution in [3.05, 3.63) is 69.9 Å². The van der Waals surface area contributed by atoms with Gasteiger partial charge in [-0.2, -0.15) is 9.78 Å². The van der Waals surface area contributed by atoms with Crippen LogP contribution in [0.3, 0.4) is 0 Å². The van der Waals surface area contributed by atoms with Gasteiger partial charge in [-0.15, -0.1) is 0 Å². The zero-order valence-electron chi connectivity index (χ0n) is 19.2. The van der Waals surface area contributed by atoms with Gasteiger partial charge in [-0.3, -0.25) is 4.79 Å². The minimum Gasteiger partial charge on any atom is -0.494 e. The Morgan fingerprint density at radius 2 is 1.79 bits per heavy atom. The first-order valence-corrected chi connectivity index (χ1v) is 10.9. The fourth-order valence-electron chi connectivity index (χ4n) is 3.73. The first-order chi connectivity index (χ1) is 15.8. The monoisotopic (exact) mass is 464 g/mol. The number of para-hydroxylation sites is 1. The van der Waals surface area contributed by atoms with Crippen LogP contribution in [0.2, 0.25) is 5.02 Å². The van der Waals surface area contributed by atoms with Crippen LogP contribution < -0.4 is 14.8 Å². The minimum atomic E-state index is -0.309. The summed E-state index contributed by atoms with van der Waals surface area (Å²) in [6, 6.07) is 13.1. The van der Waals surface area contributed by atoms with Crippen molar-refractivity contribution in [1.29, 1.82) is 0 Å². The molecule has 0 unspecified atom stereocenters. The van der Waals surface area contributed by atoms with Crippen LogP contribution in [0.1, 0.15) is 22.4 Å². The number of aryl methyl sites for hydroxylation is 4. The molecular weight excluding hydrogens is 440 g/mol. The molecule has 2 aromatic heterocycles. The topological polar surface area (TPSA) is 78.3 Å². The first kappa shape index (κ1) is 22.6. The fourth-order valence-corrected chi connectivity index (χ4v) is 3.84. The van der Waals surface area contributed by atoms with Crippen LogP contribution in [-0.4, -0.2) is 34.4 Å². The third-order valence-electron chi connectivity index (χ3n) is 5.31. The number of ether oxygens (including phenoxy) is 2. The molecule has 0 spiro atoms. The Morgan fingerprint density at radius 3 is 2.48 bits per heavy atom. The number of amides is 1. The van der Waals surface area contributed by atoms with Crippen LogP contribution in [0, 0.1) is 27.7 Å². The second kappa shape index (κ2) is 9.11. The number of nitrogens with zero attached hydrogens (tertiary/aromatic N) is 3. The SMILES string of the molecule is COc1cccc2c(C)cc(-n3nc(C)cc3NC(=O)COc3cc(C)c(Cl)c(C)c3)nc12. The smallest absolute Gasteiger partial charge is 0.263 e. The van der Waals surface area contributed by atoms with Crippen molar-refractivity contribution in [3.8, 4) is 17.3 Å². The summed E-state index contributed by atoms with van der Waals surface area (Å²) in [7, 11) is 1.62. The standard InChI is InChI=1S/C25H25ClN4O3/c1-14-11-21(28-25-19(14)7-6-8-20(25)32-5)30-22(12-17(4)29-30)27-23(31)13-33-18-9-15(2)24(26)16(3)10-18/h6-12H,13H2,1-5H3,(H,27,31). The molecule has 0 saturated carbocycles. The van der Waals surface area contributed by atoms with E-state index in [-0.39, 0.29) is 12.5 Å². The number of aromatic nitrogens is 3. The maximum absolute atomic E-state index is 12.7. The van der Waals surface area contributed by atoms with Crippen molar-refractivity contribution >= 4 is 34.2 Å². The number of anilines is 1. The summed E-state index contributed by atoms with van der Waals surface area (Å²) in [6.07, 6.45) is 0. The normalized spacial score (nSPS) is 11.0. The molecule has 4 aromatic rings. The maximum atomic E-state index is 12.7. The molecule has 33 heavy (non-hydrogen) atoms. The van der Waals surface area contributed by atoms with Gasteiger partial charge in [-0.05, 0) is 68.7 Å². The molecule has 0 aliphatic rings. The third kappa shape index (κ3) is 4.64. The number of benzene rings is 2. The summed E-state index contributed by atoms with van der Waals surface area (Å²) in [4.78, 5) is 17.4. The van der Waals surface area contributed by atoms with Gasteiger partial charge < -0.3 is 14.8 Å². The molecule has 0 saturated heterocycles. The van der Waals surface area contributed by atoms with Crippen molar-refractivity contribution in [2.75, 3.05) is 19.0 Å². The summed E-state index contributed by atoms with van der Waals surface area (Å²) in [5.41, 5.74) is 4.30. The number of halogens is 1. The number of fused-ring (bicyclic) bond motifs is 1. The molecular formula is C25H25ClN4O3. The molecule has 4 rings (SSSR count). The number of carbonyl (C=O) groups is 1. The zero-order valence-corrected chi connectivity index (χ0v) is 19.9. The number of methoxy groups -OCH3 is 1. The molecule has 0 aliphatic carbocycles. The second-order valence-electron chi connectivity index (χ2n) is 7.94. The number of hydrogen-bond acceptors (Lipinski definition) is 5. The van der Waals surface area contributed by atoms with Gasteiger partial charge in [0.1, 0.15) is 22.8 Å². The Morgan fingerprint density at radius 1 is 1.06 bits per heavy atom. The average Bonchev–Trinajstić information content (AvgIpc) is 3.15. The van der Waals surface area contributed by atoms with Crippen LogP contribution in [0.25, 0.3) is 16.7 Å². The van der Waals surface area contributed by atoms with E-state index in [2.05, 4.69) is 10.4 Å². The summed E-state index contributed by atoms with van der Waals surface area (Å²) in [5, 5.41) is 9.10. The number of pyridine rings is 1. The maximum Gasteiger partial charge on any atom is 0.263 e. The third-order valence-corrected chi connectivity index (χ3v) is 5.91. The molecule has 8 heteroatoms. The zero-order chi connectivity index (χ0) is 23.7. The number of hydrogen-bond donors (Lipinski definition) is 1. The number of carbonyl (C=O) groups excluding carboxylic acids is 1. The van der Waals surface area contributed by atoms with E-state index in [0.29, 0.717) is 28.2 Å². The lowest BCUT2D eigenvalue weighted by Gasteiger charge is -2.13. The molecule has 0 radical (unpaired) electrons. The predicted octanol–water partition coefficient (Wildman–Crippen LogP) is 5.33. The van der Waals surface area contributed by atoms with Crippen molar-refractivity contribution in [2.24, 2.45) is 0 Å². The Bertz CT molecular complexity index is 1340. The molecule has 7 nitrogen and oxygen atoms in total. The van der Waals surface area contributed by atoms with Gasteiger partial charge in [-0.1, -0.05) is 23.7 Å². The Hall–Kier alpha value is -3.58. The molecule has 0 fully saturated rings. The van der Waals surface area contributed by atoms with E-state index in [4.69, 9.17) is 26.1 Å². The molecule has 0 bridgehead atoms. The van der Waals surface area contributed by atoms with E-state index in [0.717, 1.165) is 33.3 Å². The first-order valence-electron chi connectivity index (χ1n) is 10.5. The molecule has 0 aliphatic heterocycles. The van der Waals surface area contributed by atoms with Gasteiger partial charge in [0.15, 0.2) is 12.4 Å². The Balaban J connectivity index is 1.59. The van der Waals surface area contributed by atoms with Gasteiger partial charge in [0.05, 0.1) is 12.8 Å². The molecule has 0 atom stereocenters. The Labute approximate surface area is 197 Å². The quantitative estimate of drug-likeness (QED) is 0.417. The lowest BCUT2D eigenvalue weighted by Crippen LogP contribution is -2.22. The van der Waals surface area contributed by atoms with Crippen LogP contribution >= 0.6 is 11.6 Å². The second-order valence-corrected chi connectivity index (χ2v) is 8.32. The van der Waals surface area contributed by atoms with Gasteiger partial charge in [0.2, 0.25) is 0 Å². The van der Waals surface area contributed by atoms with E-state index >= 15 is 0 Å². The average molecular weight is 465 g/mol. The summed E-state index contributed by atoms with van der Waals surface area (Å²) in [5.74, 6) is 2.04. The minimum absolute atomic E-state index is 0.150. The highest BCUT2D eigenvalue weighted by molar-refractivity contribution is 6.32. The van der Waals surface area contributed by atoms with Crippen LogP contribution in [0.4, 0.5) is 5.82 Å². The van der Waals surface area contributed by atoms with E-state index in [1.807, 2.05) is 64.1 Å². The van der Waals surface area contributed by atoms with Gasteiger partial charge in [-0.25, -0.2) is 4.98 Å². The highest BCUT2D eigenvalue weighted by Gasteiger charge is 2.15. The van der Waals surface area contributed by atoms with E-state index in [1.54, 1.807) is 17.9 Å². The lowest BCUT2D eigenvalue weighted by molar-refractivity contribution is -0.118. The summed E-state index contributed by atoms with van der Waals surface area (Å²) >= 11 is 6.21. The van der Waals surface area contributed by atoms with Crippen molar-refractivity contribution < 1.29 is 14.3 Å².